The number of benzene rings is 2. The molecule has 8 nitrogen and oxygen atoms in total. The number of carbonyl (C=O) groups is 1. The molecule has 2 aromatic heterocycles. The second kappa shape index (κ2) is 8.60. The molecule has 3 N–H and O–H groups in total. The monoisotopic (exact) mass is 426 g/mol. The highest BCUT2D eigenvalue weighted by atomic mass is 16.5. The zero-order chi connectivity index (χ0) is 21.9. The van der Waals surface area contributed by atoms with Gasteiger partial charge in [-0.2, -0.15) is 0 Å². The molecular weight excluding hydrogens is 404 g/mol. The van der Waals surface area contributed by atoms with Gasteiger partial charge in [-0.15, -0.1) is 0 Å². The molecule has 0 saturated carbocycles. The SMILES string of the molecule is NC(=O)c1cnc(Nc2ccccc2N2CCOCC2)nc1-c1ccc2ccncc2c1. The van der Waals surface area contributed by atoms with E-state index >= 15 is 0 Å². The number of pyridine rings is 1. The van der Waals surface area contributed by atoms with E-state index in [4.69, 9.17) is 10.5 Å². The van der Waals surface area contributed by atoms with Gasteiger partial charge >= 0.3 is 0 Å². The van der Waals surface area contributed by atoms with E-state index in [0.717, 1.165) is 40.8 Å². The summed E-state index contributed by atoms with van der Waals surface area (Å²) in [5, 5.41) is 5.32. The average Bonchev–Trinajstić information content (AvgIpc) is 2.84. The molecule has 32 heavy (non-hydrogen) atoms. The van der Waals surface area contributed by atoms with Crippen molar-refractivity contribution in [2.24, 2.45) is 5.73 Å². The van der Waals surface area contributed by atoms with Gasteiger partial charge in [0.25, 0.3) is 5.91 Å². The third-order valence-corrected chi connectivity index (χ3v) is 5.47. The predicted molar refractivity (Wildman–Crippen MR) is 124 cm³/mol. The lowest BCUT2D eigenvalue weighted by molar-refractivity contribution is 0.100. The topological polar surface area (TPSA) is 106 Å². The fourth-order valence-corrected chi connectivity index (χ4v) is 3.85. The van der Waals surface area contributed by atoms with Crippen LogP contribution in [0, 0.1) is 0 Å². The minimum atomic E-state index is -0.577. The third kappa shape index (κ3) is 3.95. The molecule has 1 amide bonds. The molecule has 0 radical (unpaired) electrons. The van der Waals surface area contributed by atoms with E-state index in [1.807, 2.05) is 42.5 Å². The fourth-order valence-electron chi connectivity index (χ4n) is 3.85. The van der Waals surface area contributed by atoms with Crippen molar-refractivity contribution in [1.29, 1.82) is 0 Å². The van der Waals surface area contributed by atoms with Crippen LogP contribution in [0.25, 0.3) is 22.0 Å². The molecule has 0 unspecified atom stereocenters. The maximum atomic E-state index is 12.1. The Balaban J connectivity index is 1.53. The smallest absolute Gasteiger partial charge is 0.252 e. The van der Waals surface area contributed by atoms with Crippen LogP contribution >= 0.6 is 0 Å². The van der Waals surface area contributed by atoms with Gasteiger partial charge < -0.3 is 20.7 Å². The number of nitrogens with two attached hydrogens (primary N) is 1. The average molecular weight is 426 g/mol. The van der Waals surface area contributed by atoms with Gasteiger partial charge in [-0.3, -0.25) is 9.78 Å². The Bertz CT molecular complexity index is 1290. The van der Waals surface area contributed by atoms with Gasteiger partial charge in [-0.05, 0) is 29.7 Å². The first-order valence-corrected chi connectivity index (χ1v) is 10.4. The van der Waals surface area contributed by atoms with Gasteiger partial charge in [0.05, 0.1) is 35.8 Å². The quantitative estimate of drug-likeness (QED) is 0.504. The van der Waals surface area contributed by atoms with E-state index in [1.165, 1.54) is 6.20 Å². The van der Waals surface area contributed by atoms with E-state index in [1.54, 1.807) is 12.4 Å². The maximum absolute atomic E-state index is 12.1. The number of hydrogen-bond donors (Lipinski definition) is 2. The molecule has 0 bridgehead atoms. The largest absolute Gasteiger partial charge is 0.378 e. The number of anilines is 3. The first-order chi connectivity index (χ1) is 15.7. The van der Waals surface area contributed by atoms with Crippen molar-refractivity contribution in [3.63, 3.8) is 0 Å². The number of primary amides is 1. The van der Waals surface area contributed by atoms with Crippen molar-refractivity contribution in [3.8, 4) is 11.3 Å². The Hall–Kier alpha value is -4.04. The van der Waals surface area contributed by atoms with Gasteiger partial charge in [-0.1, -0.05) is 24.3 Å². The lowest BCUT2D eigenvalue weighted by atomic mass is 10.0. The summed E-state index contributed by atoms with van der Waals surface area (Å²) < 4.78 is 5.48. The Morgan fingerprint density at radius 1 is 1.03 bits per heavy atom. The lowest BCUT2D eigenvalue weighted by Gasteiger charge is -2.30. The number of rotatable bonds is 5. The molecule has 1 saturated heterocycles. The molecule has 1 aliphatic heterocycles. The van der Waals surface area contributed by atoms with Crippen LogP contribution in [0.5, 0.6) is 0 Å². The fraction of sp³-hybridized carbons (Fsp3) is 0.167. The highest BCUT2D eigenvalue weighted by molar-refractivity contribution is 6.00. The molecule has 5 rings (SSSR count). The van der Waals surface area contributed by atoms with E-state index in [0.29, 0.717) is 24.9 Å². The molecule has 160 valence electrons. The number of aromatic nitrogens is 3. The Kier molecular flexibility index (Phi) is 5.35. The number of nitrogens with zero attached hydrogens (tertiary/aromatic N) is 4. The lowest BCUT2D eigenvalue weighted by Crippen LogP contribution is -2.36. The summed E-state index contributed by atoms with van der Waals surface area (Å²) in [4.78, 5) is 27.5. The molecule has 4 aromatic rings. The predicted octanol–water partition coefficient (Wildman–Crippen LogP) is 3.37. The Morgan fingerprint density at radius 2 is 1.88 bits per heavy atom. The molecule has 0 aliphatic carbocycles. The number of morpholine rings is 1. The van der Waals surface area contributed by atoms with Crippen molar-refractivity contribution >= 4 is 34.0 Å². The second-order valence-corrected chi connectivity index (χ2v) is 7.50. The number of ether oxygens (including phenoxy) is 1. The van der Waals surface area contributed by atoms with E-state index < -0.39 is 5.91 Å². The zero-order valence-electron chi connectivity index (χ0n) is 17.4. The summed E-state index contributed by atoms with van der Waals surface area (Å²) in [7, 11) is 0. The van der Waals surface area contributed by atoms with Crippen LogP contribution in [0.15, 0.2) is 67.1 Å². The van der Waals surface area contributed by atoms with Crippen molar-refractivity contribution in [2.45, 2.75) is 0 Å². The van der Waals surface area contributed by atoms with Crippen LogP contribution in [0.2, 0.25) is 0 Å². The first kappa shape index (κ1) is 19.9. The minimum Gasteiger partial charge on any atom is -0.378 e. The zero-order valence-corrected chi connectivity index (χ0v) is 17.4. The van der Waals surface area contributed by atoms with Crippen molar-refractivity contribution in [3.05, 3.63) is 72.7 Å². The highest BCUT2D eigenvalue weighted by Crippen LogP contribution is 2.30. The van der Waals surface area contributed by atoms with Crippen LogP contribution in [0.4, 0.5) is 17.3 Å². The summed E-state index contributed by atoms with van der Waals surface area (Å²) in [6, 6.07) is 15.8. The van der Waals surface area contributed by atoms with Gasteiger partial charge in [0, 0.05) is 42.6 Å². The normalized spacial score (nSPS) is 13.8. The molecule has 8 heteroatoms. The summed E-state index contributed by atoms with van der Waals surface area (Å²) in [6.07, 6.45) is 4.99. The first-order valence-electron chi connectivity index (χ1n) is 10.4. The molecule has 2 aromatic carbocycles. The number of amides is 1. The summed E-state index contributed by atoms with van der Waals surface area (Å²) in [5.74, 6) is -0.191. The molecular formula is C24H22N6O2. The van der Waals surface area contributed by atoms with Crippen LogP contribution in [0.3, 0.4) is 0 Å². The van der Waals surface area contributed by atoms with Crippen LogP contribution in [-0.4, -0.2) is 47.2 Å². The Labute approximate surface area is 185 Å². The number of nitrogens with one attached hydrogen (secondary N) is 1. The van der Waals surface area contributed by atoms with Crippen LogP contribution in [0.1, 0.15) is 10.4 Å². The third-order valence-electron chi connectivity index (χ3n) is 5.47. The number of fused-ring (bicyclic) bond motifs is 1. The highest BCUT2D eigenvalue weighted by Gasteiger charge is 2.17. The van der Waals surface area contributed by atoms with Crippen LogP contribution < -0.4 is 16.0 Å². The van der Waals surface area contributed by atoms with Gasteiger partial charge in [0.2, 0.25) is 5.95 Å². The molecule has 1 fully saturated rings. The van der Waals surface area contributed by atoms with E-state index in [2.05, 4.69) is 31.2 Å². The molecule has 1 aliphatic rings. The van der Waals surface area contributed by atoms with Crippen LogP contribution in [-0.2, 0) is 4.74 Å². The van der Waals surface area contributed by atoms with Gasteiger partial charge in [-0.25, -0.2) is 9.97 Å². The molecule has 0 spiro atoms. The Morgan fingerprint density at radius 3 is 2.72 bits per heavy atom. The van der Waals surface area contributed by atoms with Crippen molar-refractivity contribution in [2.75, 3.05) is 36.5 Å². The molecule has 3 heterocycles. The maximum Gasteiger partial charge on any atom is 0.252 e. The minimum absolute atomic E-state index is 0.264. The summed E-state index contributed by atoms with van der Waals surface area (Å²) >= 11 is 0. The van der Waals surface area contributed by atoms with Crippen molar-refractivity contribution < 1.29 is 9.53 Å². The van der Waals surface area contributed by atoms with Gasteiger partial charge in [0.1, 0.15) is 0 Å². The number of carbonyl (C=O) groups excluding carboxylic acids is 1. The van der Waals surface area contributed by atoms with E-state index in [9.17, 15) is 4.79 Å². The van der Waals surface area contributed by atoms with E-state index in [-0.39, 0.29) is 5.56 Å². The summed E-state index contributed by atoms with van der Waals surface area (Å²) in [6.45, 7) is 3.02. The number of hydrogen-bond acceptors (Lipinski definition) is 7. The van der Waals surface area contributed by atoms with Gasteiger partial charge in [0.15, 0.2) is 0 Å². The molecule has 0 atom stereocenters. The number of para-hydroxylation sites is 2. The second-order valence-electron chi connectivity index (χ2n) is 7.50. The standard InChI is InChI=1S/C24H22N6O2/c25-23(31)19-15-27-24(28-20-3-1-2-4-21(20)30-9-11-32-12-10-30)29-22(19)17-6-5-16-7-8-26-14-18(16)13-17/h1-8,13-15H,9-12H2,(H2,25,31)(H,27,28,29). The van der Waals surface area contributed by atoms with Crippen molar-refractivity contribution in [1.82, 2.24) is 15.0 Å². The summed E-state index contributed by atoms with van der Waals surface area (Å²) in [5.41, 5.74) is 9.07.